The molecule has 0 amide bonds. The fourth-order valence-electron chi connectivity index (χ4n) is 2.40. The van der Waals surface area contributed by atoms with Crippen LogP contribution < -0.4 is 10.6 Å². The number of hydrogen-bond donors (Lipinski definition) is 2. The molecule has 1 heterocycles. The lowest BCUT2D eigenvalue weighted by atomic mass is 10.1. The number of hydrogen-bond acceptors (Lipinski definition) is 4. The third kappa shape index (κ3) is 2.95. The van der Waals surface area contributed by atoms with Crippen LogP contribution in [0.25, 0.3) is 0 Å². The molecule has 1 fully saturated rings. The Morgan fingerprint density at radius 1 is 1.22 bits per heavy atom. The molecular formula is C13H20ClN3O. The molecule has 1 saturated heterocycles. The molecule has 4 nitrogen and oxygen atoms in total. The van der Waals surface area contributed by atoms with Gasteiger partial charge in [-0.2, -0.15) is 0 Å². The summed E-state index contributed by atoms with van der Waals surface area (Å²) in [6.45, 7) is 5.29. The monoisotopic (exact) mass is 269 g/mol. The van der Waals surface area contributed by atoms with Crippen molar-refractivity contribution in [3.05, 3.63) is 28.8 Å². The van der Waals surface area contributed by atoms with Crippen LogP contribution in [-0.2, 0) is 6.54 Å². The Morgan fingerprint density at radius 2 is 1.94 bits per heavy atom. The van der Waals surface area contributed by atoms with Crippen LogP contribution in [0.5, 0.6) is 0 Å². The molecule has 18 heavy (non-hydrogen) atoms. The van der Waals surface area contributed by atoms with Crippen LogP contribution in [0.2, 0.25) is 5.02 Å². The first-order valence-electron chi connectivity index (χ1n) is 6.32. The van der Waals surface area contributed by atoms with Gasteiger partial charge in [0.25, 0.3) is 0 Å². The smallest absolute Gasteiger partial charge is 0.0558 e. The predicted molar refractivity (Wildman–Crippen MR) is 75.1 cm³/mol. The van der Waals surface area contributed by atoms with Crippen molar-refractivity contribution in [3.8, 4) is 0 Å². The Balaban J connectivity index is 2.07. The number of β-amino-alcohol motifs (C(OH)–C–C–N with tert-alkyl or cyclic N) is 1. The second-order valence-corrected chi connectivity index (χ2v) is 4.90. The lowest BCUT2D eigenvalue weighted by molar-refractivity contribution is 0.188. The van der Waals surface area contributed by atoms with Crippen LogP contribution in [0.15, 0.2) is 18.2 Å². The molecule has 100 valence electrons. The lowest BCUT2D eigenvalue weighted by Gasteiger charge is -2.36. The summed E-state index contributed by atoms with van der Waals surface area (Å²) in [6, 6.07) is 5.93. The number of anilines is 1. The number of aliphatic hydroxyl groups is 1. The topological polar surface area (TPSA) is 52.7 Å². The Labute approximate surface area is 113 Å². The normalized spacial score (nSPS) is 17.2. The van der Waals surface area contributed by atoms with E-state index in [9.17, 15) is 0 Å². The second-order valence-electron chi connectivity index (χ2n) is 4.49. The number of benzene rings is 1. The molecule has 1 aliphatic heterocycles. The largest absolute Gasteiger partial charge is 0.395 e. The highest BCUT2D eigenvalue weighted by atomic mass is 35.5. The zero-order chi connectivity index (χ0) is 13.0. The van der Waals surface area contributed by atoms with Gasteiger partial charge in [0.1, 0.15) is 0 Å². The van der Waals surface area contributed by atoms with Crippen molar-refractivity contribution >= 4 is 17.3 Å². The van der Waals surface area contributed by atoms with Crippen molar-refractivity contribution in [3.63, 3.8) is 0 Å². The summed E-state index contributed by atoms with van der Waals surface area (Å²) in [5, 5.41) is 9.67. The minimum atomic E-state index is 0.227. The SMILES string of the molecule is NCc1c(Cl)cccc1N1CCN(CCO)CC1. The highest BCUT2D eigenvalue weighted by Crippen LogP contribution is 2.27. The summed E-state index contributed by atoms with van der Waals surface area (Å²) in [5.74, 6) is 0. The molecule has 0 saturated carbocycles. The van der Waals surface area contributed by atoms with Gasteiger partial charge in [0, 0.05) is 55.5 Å². The molecule has 0 unspecified atom stereocenters. The van der Waals surface area contributed by atoms with E-state index in [-0.39, 0.29) is 6.61 Å². The second kappa shape index (κ2) is 6.38. The molecule has 0 bridgehead atoms. The quantitative estimate of drug-likeness (QED) is 0.853. The van der Waals surface area contributed by atoms with E-state index in [2.05, 4.69) is 15.9 Å². The molecule has 0 atom stereocenters. The van der Waals surface area contributed by atoms with E-state index in [0.717, 1.165) is 49.0 Å². The molecule has 1 aliphatic rings. The minimum absolute atomic E-state index is 0.227. The Morgan fingerprint density at radius 3 is 2.56 bits per heavy atom. The number of nitrogens with two attached hydrogens (primary N) is 1. The standard InChI is InChI=1S/C13H20ClN3O/c14-12-2-1-3-13(11(12)10-15)17-6-4-16(5-7-17)8-9-18/h1-3,18H,4-10,15H2. The first kappa shape index (κ1) is 13.6. The maximum absolute atomic E-state index is 8.93. The van der Waals surface area contributed by atoms with Gasteiger partial charge < -0.3 is 15.7 Å². The lowest BCUT2D eigenvalue weighted by Crippen LogP contribution is -2.47. The molecule has 0 spiro atoms. The van der Waals surface area contributed by atoms with E-state index in [4.69, 9.17) is 22.4 Å². The molecule has 0 aromatic heterocycles. The summed E-state index contributed by atoms with van der Waals surface area (Å²) in [5.41, 5.74) is 7.95. The van der Waals surface area contributed by atoms with Gasteiger partial charge in [0.2, 0.25) is 0 Å². The van der Waals surface area contributed by atoms with Crippen LogP contribution in [0.3, 0.4) is 0 Å². The summed E-state index contributed by atoms with van der Waals surface area (Å²) in [7, 11) is 0. The fraction of sp³-hybridized carbons (Fsp3) is 0.538. The van der Waals surface area contributed by atoms with E-state index in [1.165, 1.54) is 0 Å². The van der Waals surface area contributed by atoms with Crippen molar-refractivity contribution in [1.82, 2.24) is 4.90 Å². The third-order valence-electron chi connectivity index (χ3n) is 3.43. The van der Waals surface area contributed by atoms with Gasteiger partial charge in [-0.1, -0.05) is 17.7 Å². The summed E-state index contributed by atoms with van der Waals surface area (Å²) in [6.07, 6.45) is 0. The molecular weight excluding hydrogens is 250 g/mol. The molecule has 1 aromatic carbocycles. The zero-order valence-corrected chi connectivity index (χ0v) is 11.2. The number of rotatable bonds is 4. The van der Waals surface area contributed by atoms with Crippen molar-refractivity contribution < 1.29 is 5.11 Å². The van der Waals surface area contributed by atoms with Gasteiger partial charge in [0.15, 0.2) is 0 Å². The van der Waals surface area contributed by atoms with Gasteiger partial charge >= 0.3 is 0 Å². The molecule has 1 aromatic rings. The van der Waals surface area contributed by atoms with Gasteiger partial charge in [0.05, 0.1) is 6.61 Å². The van der Waals surface area contributed by atoms with E-state index in [1.54, 1.807) is 0 Å². The van der Waals surface area contributed by atoms with Crippen molar-refractivity contribution in [2.75, 3.05) is 44.2 Å². The minimum Gasteiger partial charge on any atom is -0.395 e. The summed E-state index contributed by atoms with van der Waals surface area (Å²) < 4.78 is 0. The summed E-state index contributed by atoms with van der Waals surface area (Å²) in [4.78, 5) is 4.59. The fourth-order valence-corrected chi connectivity index (χ4v) is 2.65. The van der Waals surface area contributed by atoms with Gasteiger partial charge in [-0.25, -0.2) is 0 Å². The van der Waals surface area contributed by atoms with Crippen LogP contribution in [0, 0.1) is 0 Å². The predicted octanol–water partition coefficient (Wildman–Crippen LogP) is 0.913. The Bertz CT molecular complexity index is 392. The number of piperazine rings is 1. The third-order valence-corrected chi connectivity index (χ3v) is 3.78. The number of aliphatic hydroxyl groups excluding tert-OH is 1. The van der Waals surface area contributed by atoms with Crippen LogP contribution >= 0.6 is 11.6 Å². The maximum atomic E-state index is 8.93. The van der Waals surface area contributed by atoms with E-state index in [0.29, 0.717) is 6.54 Å². The van der Waals surface area contributed by atoms with Gasteiger partial charge in [-0.15, -0.1) is 0 Å². The van der Waals surface area contributed by atoms with Gasteiger partial charge in [-0.3, -0.25) is 4.90 Å². The van der Waals surface area contributed by atoms with Gasteiger partial charge in [-0.05, 0) is 12.1 Å². The first-order chi connectivity index (χ1) is 8.76. The molecule has 0 radical (unpaired) electrons. The van der Waals surface area contributed by atoms with Crippen molar-refractivity contribution in [1.29, 1.82) is 0 Å². The van der Waals surface area contributed by atoms with Crippen LogP contribution in [0.1, 0.15) is 5.56 Å². The molecule has 0 aliphatic carbocycles. The molecule has 3 N–H and O–H groups in total. The van der Waals surface area contributed by atoms with Crippen LogP contribution in [0.4, 0.5) is 5.69 Å². The van der Waals surface area contributed by atoms with E-state index in [1.807, 2.05) is 12.1 Å². The highest BCUT2D eigenvalue weighted by Gasteiger charge is 2.19. The summed E-state index contributed by atoms with van der Waals surface area (Å²) >= 11 is 6.18. The van der Waals surface area contributed by atoms with Crippen molar-refractivity contribution in [2.45, 2.75) is 6.54 Å². The van der Waals surface area contributed by atoms with Crippen molar-refractivity contribution in [2.24, 2.45) is 5.73 Å². The van der Waals surface area contributed by atoms with Crippen LogP contribution in [-0.4, -0.2) is 49.3 Å². The average Bonchev–Trinajstić information content (AvgIpc) is 2.40. The Kier molecular flexibility index (Phi) is 4.83. The highest BCUT2D eigenvalue weighted by molar-refractivity contribution is 6.31. The zero-order valence-electron chi connectivity index (χ0n) is 10.5. The Hall–Kier alpha value is -0.810. The number of nitrogens with zero attached hydrogens (tertiary/aromatic N) is 2. The number of halogens is 1. The average molecular weight is 270 g/mol. The maximum Gasteiger partial charge on any atom is 0.0558 e. The van der Waals surface area contributed by atoms with E-state index >= 15 is 0 Å². The van der Waals surface area contributed by atoms with E-state index < -0.39 is 0 Å². The first-order valence-corrected chi connectivity index (χ1v) is 6.69. The molecule has 2 rings (SSSR count). The molecule has 5 heteroatoms.